The highest BCUT2D eigenvalue weighted by molar-refractivity contribution is 6.46. The first-order valence-electron chi connectivity index (χ1n) is 11.9. The maximum absolute atomic E-state index is 13.4. The van der Waals surface area contributed by atoms with E-state index in [9.17, 15) is 14.7 Å². The quantitative estimate of drug-likeness (QED) is 0.263. The number of carbonyl (C=O) groups excluding carboxylic acids is 2. The first-order chi connectivity index (χ1) is 17.2. The molecule has 1 heterocycles. The first-order valence-corrected chi connectivity index (χ1v) is 11.9. The summed E-state index contributed by atoms with van der Waals surface area (Å²) in [6.07, 6.45) is 0.0480. The number of benzene rings is 3. The van der Waals surface area contributed by atoms with Crippen molar-refractivity contribution >= 4 is 17.4 Å². The van der Waals surface area contributed by atoms with E-state index in [1.165, 1.54) is 4.90 Å². The highest BCUT2D eigenvalue weighted by Crippen LogP contribution is 2.41. The van der Waals surface area contributed by atoms with Gasteiger partial charge in [0.15, 0.2) is 0 Å². The van der Waals surface area contributed by atoms with E-state index in [-0.39, 0.29) is 24.0 Å². The highest BCUT2D eigenvalue weighted by atomic mass is 16.5. The van der Waals surface area contributed by atoms with Crippen molar-refractivity contribution in [3.8, 4) is 11.5 Å². The predicted octanol–water partition coefficient (Wildman–Crippen LogP) is 5.72. The summed E-state index contributed by atoms with van der Waals surface area (Å²) in [5.41, 5.74) is 3.89. The van der Waals surface area contributed by atoms with Gasteiger partial charge in [-0.2, -0.15) is 0 Å². The molecule has 4 rings (SSSR count). The molecule has 186 valence electrons. The number of carbonyl (C=O) groups is 2. The van der Waals surface area contributed by atoms with Gasteiger partial charge in [0.05, 0.1) is 24.8 Å². The van der Waals surface area contributed by atoms with Gasteiger partial charge in [-0.15, -0.1) is 0 Å². The van der Waals surface area contributed by atoms with E-state index in [2.05, 4.69) is 0 Å². The fraction of sp³-hybridized carbons (Fsp3) is 0.267. The molecule has 3 aromatic carbocycles. The number of aliphatic hydroxyl groups is 1. The van der Waals surface area contributed by atoms with E-state index in [1.807, 2.05) is 82.3 Å². The lowest BCUT2D eigenvalue weighted by atomic mass is 9.93. The number of methoxy groups -OCH3 is 1. The van der Waals surface area contributed by atoms with Crippen LogP contribution in [-0.4, -0.2) is 34.9 Å². The van der Waals surface area contributed by atoms with Gasteiger partial charge in [0, 0.05) is 12.1 Å². The predicted molar refractivity (Wildman–Crippen MR) is 139 cm³/mol. The summed E-state index contributed by atoms with van der Waals surface area (Å²) in [4.78, 5) is 28.2. The Morgan fingerprint density at radius 2 is 1.69 bits per heavy atom. The molecule has 1 atom stereocenters. The number of hydrogen-bond donors (Lipinski definition) is 1. The molecular formula is C30H31NO5. The summed E-state index contributed by atoms with van der Waals surface area (Å²) >= 11 is 0. The molecule has 1 amide bonds. The van der Waals surface area contributed by atoms with Crippen molar-refractivity contribution in [1.29, 1.82) is 0 Å². The third kappa shape index (κ3) is 4.98. The minimum Gasteiger partial charge on any atom is -0.507 e. The molecule has 3 aromatic rings. The maximum atomic E-state index is 13.4. The normalized spacial score (nSPS) is 17.1. The van der Waals surface area contributed by atoms with E-state index in [1.54, 1.807) is 19.2 Å². The number of Topliss-reactive ketones (excluding diaryl/α,β-unsaturated/α-hetero) is 1. The van der Waals surface area contributed by atoms with Crippen molar-refractivity contribution in [1.82, 2.24) is 4.90 Å². The Morgan fingerprint density at radius 1 is 0.972 bits per heavy atom. The summed E-state index contributed by atoms with van der Waals surface area (Å²) in [5.74, 6) is -0.209. The van der Waals surface area contributed by atoms with Crippen LogP contribution in [0.15, 0.2) is 72.3 Å². The second kappa shape index (κ2) is 10.3. The number of aryl methyl sites for hydroxylation is 2. The highest BCUT2D eigenvalue weighted by Gasteiger charge is 2.46. The van der Waals surface area contributed by atoms with Crippen LogP contribution in [0.2, 0.25) is 0 Å². The minimum atomic E-state index is -0.772. The van der Waals surface area contributed by atoms with Crippen LogP contribution in [0.4, 0.5) is 0 Å². The lowest BCUT2D eigenvalue weighted by Gasteiger charge is -2.26. The molecule has 1 unspecified atom stereocenters. The van der Waals surface area contributed by atoms with Gasteiger partial charge < -0.3 is 19.5 Å². The summed E-state index contributed by atoms with van der Waals surface area (Å²) in [6.45, 7) is 7.89. The Bertz CT molecular complexity index is 1320. The fourth-order valence-corrected chi connectivity index (χ4v) is 4.48. The molecule has 6 heteroatoms. The molecule has 0 radical (unpaired) electrons. The molecule has 1 N–H and O–H groups in total. The molecule has 6 nitrogen and oxygen atoms in total. The molecule has 0 bridgehead atoms. The molecule has 1 saturated heterocycles. The van der Waals surface area contributed by atoms with E-state index in [0.29, 0.717) is 16.9 Å². The van der Waals surface area contributed by atoms with E-state index < -0.39 is 17.7 Å². The number of rotatable bonds is 7. The van der Waals surface area contributed by atoms with Crippen LogP contribution in [0, 0.1) is 13.8 Å². The SMILES string of the molecule is COc1cccc(C2/C(=C(\O)c3cc(C)ccc3C)C(=O)C(=O)N2Cc2ccc(OC(C)C)cc2)c1. The van der Waals surface area contributed by atoms with Gasteiger partial charge in [0.25, 0.3) is 11.7 Å². The average Bonchev–Trinajstić information content (AvgIpc) is 3.11. The molecule has 0 aromatic heterocycles. The number of aliphatic hydroxyl groups excluding tert-OH is 1. The fourth-order valence-electron chi connectivity index (χ4n) is 4.48. The lowest BCUT2D eigenvalue weighted by molar-refractivity contribution is -0.140. The topological polar surface area (TPSA) is 76.1 Å². The van der Waals surface area contributed by atoms with Gasteiger partial charge in [0.1, 0.15) is 17.3 Å². The summed E-state index contributed by atoms with van der Waals surface area (Å²) in [7, 11) is 1.56. The molecule has 1 fully saturated rings. The van der Waals surface area contributed by atoms with Crippen molar-refractivity contribution in [3.05, 3.63) is 100 Å². The number of hydrogen-bond acceptors (Lipinski definition) is 5. The standard InChI is InChI=1S/C30H31NO5/c1-18(2)36-23-13-11-21(12-14-23)17-31-27(22-7-6-8-24(16-22)35-5)26(29(33)30(31)34)28(32)25-15-19(3)9-10-20(25)4/h6-16,18,27,32H,17H2,1-5H3/b28-26+. The number of amides is 1. The van der Waals surface area contributed by atoms with E-state index in [4.69, 9.17) is 9.47 Å². The molecule has 1 aliphatic rings. The third-order valence-electron chi connectivity index (χ3n) is 6.25. The molecule has 0 aliphatic carbocycles. The zero-order chi connectivity index (χ0) is 26.0. The number of nitrogens with zero attached hydrogens (tertiary/aromatic N) is 1. The van der Waals surface area contributed by atoms with Crippen LogP contribution >= 0.6 is 0 Å². The van der Waals surface area contributed by atoms with Crippen LogP contribution in [0.25, 0.3) is 5.76 Å². The van der Waals surface area contributed by atoms with Crippen LogP contribution < -0.4 is 9.47 Å². The molecule has 0 spiro atoms. The number of ether oxygens (including phenoxy) is 2. The van der Waals surface area contributed by atoms with Gasteiger partial charge in [-0.1, -0.05) is 42.0 Å². The number of likely N-dealkylation sites (tertiary alicyclic amines) is 1. The summed E-state index contributed by atoms with van der Waals surface area (Å²) in [5, 5.41) is 11.4. The Morgan fingerprint density at radius 3 is 2.36 bits per heavy atom. The molecule has 0 saturated carbocycles. The van der Waals surface area contributed by atoms with Crippen LogP contribution in [0.1, 0.15) is 47.7 Å². The zero-order valence-corrected chi connectivity index (χ0v) is 21.2. The molecular weight excluding hydrogens is 454 g/mol. The van der Waals surface area contributed by atoms with Crippen LogP contribution in [0.3, 0.4) is 0 Å². The van der Waals surface area contributed by atoms with Crippen LogP contribution in [-0.2, 0) is 16.1 Å². The van der Waals surface area contributed by atoms with Gasteiger partial charge >= 0.3 is 0 Å². The van der Waals surface area contributed by atoms with E-state index in [0.717, 1.165) is 22.4 Å². The van der Waals surface area contributed by atoms with E-state index >= 15 is 0 Å². The Balaban J connectivity index is 1.82. The monoisotopic (exact) mass is 485 g/mol. The van der Waals surface area contributed by atoms with Crippen LogP contribution in [0.5, 0.6) is 11.5 Å². The number of ketones is 1. The summed E-state index contributed by atoms with van der Waals surface area (Å²) < 4.78 is 11.1. The lowest BCUT2D eigenvalue weighted by Crippen LogP contribution is -2.29. The Hall–Kier alpha value is -4.06. The second-order valence-corrected chi connectivity index (χ2v) is 9.33. The zero-order valence-electron chi connectivity index (χ0n) is 21.2. The Kier molecular flexibility index (Phi) is 7.15. The molecule has 1 aliphatic heterocycles. The van der Waals surface area contributed by atoms with Gasteiger partial charge in [-0.25, -0.2) is 0 Å². The Labute approximate surface area is 211 Å². The maximum Gasteiger partial charge on any atom is 0.295 e. The summed E-state index contributed by atoms with van der Waals surface area (Å²) in [6, 6.07) is 19.6. The average molecular weight is 486 g/mol. The van der Waals surface area contributed by atoms with Crippen molar-refractivity contribution < 1.29 is 24.2 Å². The van der Waals surface area contributed by atoms with Gasteiger partial charge in [-0.3, -0.25) is 9.59 Å². The van der Waals surface area contributed by atoms with Crippen molar-refractivity contribution in [2.45, 2.75) is 46.4 Å². The van der Waals surface area contributed by atoms with Gasteiger partial charge in [-0.05, 0) is 74.7 Å². The largest absolute Gasteiger partial charge is 0.507 e. The van der Waals surface area contributed by atoms with Crippen molar-refractivity contribution in [2.75, 3.05) is 7.11 Å². The third-order valence-corrected chi connectivity index (χ3v) is 6.25. The molecule has 36 heavy (non-hydrogen) atoms. The van der Waals surface area contributed by atoms with Crippen molar-refractivity contribution in [2.24, 2.45) is 0 Å². The van der Waals surface area contributed by atoms with Gasteiger partial charge in [0.2, 0.25) is 0 Å². The smallest absolute Gasteiger partial charge is 0.295 e. The van der Waals surface area contributed by atoms with Crippen molar-refractivity contribution in [3.63, 3.8) is 0 Å². The minimum absolute atomic E-state index is 0.0480. The second-order valence-electron chi connectivity index (χ2n) is 9.33. The first kappa shape index (κ1) is 25.0.